The maximum absolute atomic E-state index is 12.7. The summed E-state index contributed by atoms with van der Waals surface area (Å²) in [6, 6.07) is 7.99. The van der Waals surface area contributed by atoms with E-state index in [4.69, 9.17) is 4.74 Å². The zero-order chi connectivity index (χ0) is 20.2. The molecular formula is C20H18N6O3. The number of hydrogen-bond donors (Lipinski definition) is 3. The molecule has 3 heterocycles. The monoisotopic (exact) mass is 390 g/mol. The van der Waals surface area contributed by atoms with E-state index >= 15 is 0 Å². The molecule has 0 spiro atoms. The molecule has 9 nitrogen and oxygen atoms in total. The van der Waals surface area contributed by atoms with Crippen LogP contribution in [0.4, 0.5) is 0 Å². The van der Waals surface area contributed by atoms with E-state index in [-0.39, 0.29) is 12.3 Å². The van der Waals surface area contributed by atoms with E-state index in [1.165, 1.54) is 13.4 Å². The van der Waals surface area contributed by atoms with E-state index in [9.17, 15) is 9.59 Å². The molecule has 0 aliphatic carbocycles. The van der Waals surface area contributed by atoms with E-state index < -0.39 is 12.0 Å². The zero-order valence-electron chi connectivity index (χ0n) is 15.5. The lowest BCUT2D eigenvalue weighted by Gasteiger charge is -2.15. The number of methoxy groups -OCH3 is 1. The van der Waals surface area contributed by atoms with E-state index in [2.05, 4.69) is 30.2 Å². The summed E-state index contributed by atoms with van der Waals surface area (Å²) in [7, 11) is 1.28. The van der Waals surface area contributed by atoms with Crippen LogP contribution in [0.25, 0.3) is 22.4 Å². The number of imidazole rings is 2. The lowest BCUT2D eigenvalue weighted by molar-refractivity contribution is -0.142. The number of carbonyl (C=O) groups excluding carboxylic acids is 2. The quantitative estimate of drug-likeness (QED) is 0.432. The van der Waals surface area contributed by atoms with E-state index in [0.29, 0.717) is 22.6 Å². The number of fused-ring (bicyclic) bond motifs is 1. The molecule has 29 heavy (non-hydrogen) atoms. The third kappa shape index (κ3) is 3.98. The number of aromatic nitrogens is 5. The van der Waals surface area contributed by atoms with Crippen molar-refractivity contribution in [2.45, 2.75) is 12.5 Å². The van der Waals surface area contributed by atoms with Gasteiger partial charge >= 0.3 is 5.97 Å². The second kappa shape index (κ2) is 7.93. The highest BCUT2D eigenvalue weighted by molar-refractivity contribution is 5.99. The minimum absolute atomic E-state index is 0.247. The Kier molecular flexibility index (Phi) is 5.02. The highest BCUT2D eigenvalue weighted by Gasteiger charge is 2.23. The second-order valence-electron chi connectivity index (χ2n) is 6.38. The molecule has 0 fully saturated rings. The van der Waals surface area contributed by atoms with Crippen molar-refractivity contribution < 1.29 is 14.3 Å². The number of esters is 1. The van der Waals surface area contributed by atoms with Gasteiger partial charge in [-0.2, -0.15) is 0 Å². The van der Waals surface area contributed by atoms with Gasteiger partial charge in [0.05, 0.1) is 24.5 Å². The van der Waals surface area contributed by atoms with Gasteiger partial charge in [0.2, 0.25) is 0 Å². The van der Waals surface area contributed by atoms with Crippen LogP contribution in [0.5, 0.6) is 0 Å². The molecule has 0 saturated carbocycles. The number of carbonyl (C=O) groups is 2. The summed E-state index contributed by atoms with van der Waals surface area (Å²) < 4.78 is 4.81. The van der Waals surface area contributed by atoms with Gasteiger partial charge in [0.25, 0.3) is 5.91 Å². The number of nitrogens with one attached hydrogen (secondary N) is 3. The molecule has 9 heteroatoms. The molecule has 4 rings (SSSR count). The molecule has 1 atom stereocenters. The summed E-state index contributed by atoms with van der Waals surface area (Å²) in [6.45, 7) is 0. The molecule has 0 saturated heterocycles. The molecule has 146 valence electrons. The van der Waals surface area contributed by atoms with E-state index in [0.717, 1.165) is 11.1 Å². The topological polar surface area (TPSA) is 126 Å². The van der Waals surface area contributed by atoms with Crippen molar-refractivity contribution in [3.8, 4) is 11.4 Å². The largest absolute Gasteiger partial charge is 0.467 e. The fourth-order valence-electron chi connectivity index (χ4n) is 2.99. The van der Waals surface area contributed by atoms with Gasteiger partial charge in [-0.05, 0) is 30.3 Å². The maximum Gasteiger partial charge on any atom is 0.328 e. The summed E-state index contributed by atoms with van der Waals surface area (Å²) in [6.07, 6.45) is 6.73. The van der Waals surface area contributed by atoms with Crippen LogP contribution in [-0.4, -0.2) is 49.9 Å². The third-order valence-electron chi connectivity index (χ3n) is 4.47. The fourth-order valence-corrected chi connectivity index (χ4v) is 2.99. The molecular weight excluding hydrogens is 372 g/mol. The van der Waals surface area contributed by atoms with Crippen LogP contribution in [0.3, 0.4) is 0 Å². The summed E-state index contributed by atoms with van der Waals surface area (Å²) in [5, 5.41) is 2.72. The van der Waals surface area contributed by atoms with Gasteiger partial charge < -0.3 is 20.0 Å². The fraction of sp³-hybridized carbons (Fsp3) is 0.150. The number of rotatable bonds is 6. The van der Waals surface area contributed by atoms with Crippen LogP contribution >= 0.6 is 0 Å². The van der Waals surface area contributed by atoms with Crippen molar-refractivity contribution in [1.82, 2.24) is 30.2 Å². The normalized spacial score (nSPS) is 11.9. The number of aromatic amines is 2. The van der Waals surface area contributed by atoms with Crippen LogP contribution in [0.2, 0.25) is 0 Å². The molecule has 3 N–H and O–H groups in total. The van der Waals surface area contributed by atoms with Crippen LogP contribution in [0.15, 0.2) is 55.2 Å². The summed E-state index contributed by atoms with van der Waals surface area (Å²) in [4.78, 5) is 43.4. The summed E-state index contributed by atoms with van der Waals surface area (Å²) >= 11 is 0. The number of amides is 1. The highest BCUT2D eigenvalue weighted by Crippen LogP contribution is 2.21. The van der Waals surface area contributed by atoms with Gasteiger partial charge in [0, 0.05) is 41.8 Å². The molecule has 4 aromatic rings. The van der Waals surface area contributed by atoms with Crippen molar-refractivity contribution in [2.75, 3.05) is 7.11 Å². The zero-order valence-corrected chi connectivity index (χ0v) is 15.5. The standard InChI is InChI=1S/C20H18N6O3/c1-29-20(28)17(9-14-10-22-11-23-14)26-19(27)13-2-3-15-16(8-13)25-18(24-15)12-4-6-21-7-5-12/h2-8,10-11,17H,9H2,1H3,(H,22,23)(H,24,25)(H,26,27)/t17-/m0/s1. The van der Waals surface area contributed by atoms with Crippen LogP contribution in [0.1, 0.15) is 16.1 Å². The minimum Gasteiger partial charge on any atom is -0.467 e. The Morgan fingerprint density at radius 2 is 2.00 bits per heavy atom. The molecule has 0 unspecified atom stereocenters. The Hall–Kier alpha value is -4.01. The van der Waals surface area contributed by atoms with Crippen LogP contribution < -0.4 is 5.32 Å². The van der Waals surface area contributed by atoms with Crippen molar-refractivity contribution in [1.29, 1.82) is 0 Å². The molecule has 1 aromatic carbocycles. The van der Waals surface area contributed by atoms with Gasteiger partial charge in [-0.15, -0.1) is 0 Å². The second-order valence-corrected chi connectivity index (χ2v) is 6.38. The van der Waals surface area contributed by atoms with Crippen LogP contribution in [0, 0.1) is 0 Å². The predicted molar refractivity (Wildman–Crippen MR) is 105 cm³/mol. The first-order valence-electron chi connectivity index (χ1n) is 8.90. The molecule has 0 radical (unpaired) electrons. The lowest BCUT2D eigenvalue weighted by Crippen LogP contribution is -2.43. The molecule has 0 bridgehead atoms. The SMILES string of the molecule is COC(=O)[C@H](Cc1cnc[nH]1)NC(=O)c1ccc2nc(-c3ccncc3)[nH]c2c1. The lowest BCUT2D eigenvalue weighted by atomic mass is 10.1. The number of H-pyrrole nitrogens is 2. The van der Waals surface area contributed by atoms with Crippen molar-refractivity contribution >= 4 is 22.9 Å². The Labute approximate surface area is 165 Å². The van der Waals surface area contributed by atoms with Crippen molar-refractivity contribution in [3.63, 3.8) is 0 Å². The number of nitrogens with zero attached hydrogens (tertiary/aromatic N) is 3. The number of hydrogen-bond acceptors (Lipinski definition) is 6. The Balaban J connectivity index is 1.56. The van der Waals surface area contributed by atoms with E-state index in [1.54, 1.807) is 36.8 Å². The Bertz CT molecular complexity index is 1140. The molecule has 0 aliphatic rings. The highest BCUT2D eigenvalue weighted by atomic mass is 16.5. The average molecular weight is 390 g/mol. The maximum atomic E-state index is 12.7. The van der Waals surface area contributed by atoms with Crippen LogP contribution in [-0.2, 0) is 16.0 Å². The predicted octanol–water partition coefficient (Wildman–Crippen LogP) is 1.86. The summed E-state index contributed by atoms with van der Waals surface area (Å²) in [5.74, 6) is -0.232. The van der Waals surface area contributed by atoms with Crippen molar-refractivity contribution in [3.05, 3.63) is 66.5 Å². The molecule has 3 aromatic heterocycles. The third-order valence-corrected chi connectivity index (χ3v) is 4.47. The van der Waals surface area contributed by atoms with Gasteiger partial charge in [-0.1, -0.05) is 0 Å². The van der Waals surface area contributed by atoms with Gasteiger partial charge in [0.1, 0.15) is 11.9 Å². The van der Waals surface area contributed by atoms with Gasteiger partial charge in [-0.3, -0.25) is 9.78 Å². The first kappa shape index (κ1) is 18.4. The Morgan fingerprint density at radius 1 is 1.17 bits per heavy atom. The first-order valence-corrected chi connectivity index (χ1v) is 8.90. The average Bonchev–Trinajstić information content (AvgIpc) is 3.42. The summed E-state index contributed by atoms with van der Waals surface area (Å²) in [5.41, 5.74) is 3.46. The molecule has 0 aliphatic heterocycles. The van der Waals surface area contributed by atoms with Crippen molar-refractivity contribution in [2.24, 2.45) is 0 Å². The number of ether oxygens (including phenoxy) is 1. The number of benzene rings is 1. The number of pyridine rings is 1. The van der Waals surface area contributed by atoms with E-state index in [1.807, 2.05) is 12.1 Å². The minimum atomic E-state index is -0.835. The molecule has 1 amide bonds. The van der Waals surface area contributed by atoms with Gasteiger partial charge in [-0.25, -0.2) is 14.8 Å². The Morgan fingerprint density at radius 3 is 2.72 bits per heavy atom. The smallest absolute Gasteiger partial charge is 0.328 e. The van der Waals surface area contributed by atoms with Gasteiger partial charge in [0.15, 0.2) is 0 Å². The first-order chi connectivity index (χ1) is 14.1.